The number of nitrogens with zero attached hydrogens (tertiary/aromatic N) is 3. The molecule has 0 spiro atoms. The molecule has 2 fully saturated rings. The molecule has 5 nitrogen and oxygen atoms in total. The van der Waals surface area contributed by atoms with Crippen molar-refractivity contribution in [2.75, 3.05) is 23.7 Å². The first-order valence-corrected chi connectivity index (χ1v) is 9.45. The van der Waals surface area contributed by atoms with Crippen molar-refractivity contribution in [1.29, 1.82) is 0 Å². The number of aromatic nitrogens is 2. The largest absolute Gasteiger partial charge is 0.417 e. The lowest BCUT2D eigenvalue weighted by atomic mass is 10.00. The summed E-state index contributed by atoms with van der Waals surface area (Å²) in [6.07, 6.45) is -1.07. The normalized spacial score (nSPS) is 27.3. The van der Waals surface area contributed by atoms with Crippen molar-refractivity contribution in [3.8, 4) is 11.3 Å². The van der Waals surface area contributed by atoms with Crippen LogP contribution in [0.4, 0.5) is 24.8 Å². The summed E-state index contributed by atoms with van der Waals surface area (Å²) in [5.74, 6) is 1.70. The molecule has 1 aromatic carbocycles. The standard InChI is InChI=1S/C19H21ClF3N5/c1-18(25)5-10-8-28(9-11(10)6-18)14-7-26-16(17(24)27-14)12-3-2-4-13(15(12)20)19(21,22)23/h2-4,7,10-11H,5-6,8-9,25H2,1H3,(H2,24,27)/t10-,11+,18+. The van der Waals surface area contributed by atoms with Crippen LogP contribution in [0.5, 0.6) is 0 Å². The van der Waals surface area contributed by atoms with E-state index >= 15 is 0 Å². The van der Waals surface area contributed by atoms with Crippen LogP contribution in [0.1, 0.15) is 25.3 Å². The highest BCUT2D eigenvalue weighted by molar-refractivity contribution is 6.34. The molecule has 0 bridgehead atoms. The van der Waals surface area contributed by atoms with E-state index in [1.54, 1.807) is 6.20 Å². The molecular weight excluding hydrogens is 391 g/mol. The number of nitrogens with two attached hydrogens (primary N) is 2. The van der Waals surface area contributed by atoms with Crippen LogP contribution in [0.25, 0.3) is 11.3 Å². The summed E-state index contributed by atoms with van der Waals surface area (Å²) >= 11 is 5.99. The fourth-order valence-electron chi connectivity index (χ4n) is 4.56. The van der Waals surface area contributed by atoms with Crippen molar-refractivity contribution in [2.45, 2.75) is 31.5 Å². The van der Waals surface area contributed by atoms with Crippen LogP contribution >= 0.6 is 11.6 Å². The van der Waals surface area contributed by atoms with Crippen LogP contribution in [0.15, 0.2) is 24.4 Å². The molecule has 150 valence electrons. The molecule has 0 radical (unpaired) electrons. The second kappa shape index (κ2) is 6.49. The first kappa shape index (κ1) is 19.3. The number of benzene rings is 1. The Kier molecular flexibility index (Phi) is 4.46. The fraction of sp³-hybridized carbons (Fsp3) is 0.474. The van der Waals surface area contributed by atoms with Gasteiger partial charge in [-0.25, -0.2) is 9.97 Å². The lowest BCUT2D eigenvalue weighted by Gasteiger charge is -2.23. The Morgan fingerprint density at radius 1 is 1.21 bits per heavy atom. The second-order valence-electron chi connectivity index (χ2n) is 8.11. The van der Waals surface area contributed by atoms with Gasteiger partial charge in [-0.3, -0.25) is 0 Å². The van der Waals surface area contributed by atoms with Crippen LogP contribution in [0, 0.1) is 11.8 Å². The molecule has 1 aliphatic carbocycles. The van der Waals surface area contributed by atoms with Gasteiger partial charge in [0.25, 0.3) is 0 Å². The van der Waals surface area contributed by atoms with Crippen molar-refractivity contribution in [1.82, 2.24) is 9.97 Å². The Balaban J connectivity index is 1.60. The summed E-state index contributed by atoms with van der Waals surface area (Å²) in [6.45, 7) is 3.74. The molecule has 28 heavy (non-hydrogen) atoms. The molecular formula is C19H21ClF3N5. The molecule has 4 N–H and O–H groups in total. The molecule has 0 unspecified atom stereocenters. The van der Waals surface area contributed by atoms with Crippen LogP contribution in [0.2, 0.25) is 5.02 Å². The lowest BCUT2D eigenvalue weighted by molar-refractivity contribution is -0.137. The van der Waals surface area contributed by atoms with E-state index < -0.39 is 16.8 Å². The predicted octanol–water partition coefficient (Wildman–Crippen LogP) is 3.96. The third-order valence-electron chi connectivity index (χ3n) is 5.70. The Morgan fingerprint density at radius 2 is 1.86 bits per heavy atom. The fourth-order valence-corrected chi connectivity index (χ4v) is 4.88. The zero-order chi connectivity index (χ0) is 20.3. The van der Waals surface area contributed by atoms with E-state index in [1.807, 2.05) is 0 Å². The Morgan fingerprint density at radius 3 is 2.43 bits per heavy atom. The molecule has 2 aliphatic rings. The quantitative estimate of drug-likeness (QED) is 0.781. The molecule has 1 aromatic heterocycles. The smallest absolute Gasteiger partial charge is 0.382 e. The van der Waals surface area contributed by atoms with E-state index in [2.05, 4.69) is 21.8 Å². The van der Waals surface area contributed by atoms with Crippen LogP contribution < -0.4 is 16.4 Å². The number of hydrogen-bond acceptors (Lipinski definition) is 5. The van der Waals surface area contributed by atoms with Crippen molar-refractivity contribution in [3.05, 3.63) is 35.0 Å². The molecule has 2 heterocycles. The Labute approximate surface area is 165 Å². The zero-order valence-corrected chi connectivity index (χ0v) is 16.1. The summed E-state index contributed by atoms with van der Waals surface area (Å²) in [5, 5.41) is -0.429. The molecule has 4 rings (SSSR count). The van der Waals surface area contributed by atoms with Crippen molar-refractivity contribution < 1.29 is 13.2 Å². The van der Waals surface area contributed by atoms with Gasteiger partial charge in [-0.05, 0) is 37.7 Å². The average Bonchev–Trinajstić information content (AvgIpc) is 3.08. The lowest BCUT2D eigenvalue weighted by Crippen LogP contribution is -2.35. The van der Waals surface area contributed by atoms with Gasteiger partial charge < -0.3 is 16.4 Å². The van der Waals surface area contributed by atoms with E-state index in [4.69, 9.17) is 23.1 Å². The number of alkyl halides is 3. The summed E-state index contributed by atoms with van der Waals surface area (Å²) in [5.41, 5.74) is 11.5. The number of anilines is 2. The second-order valence-corrected chi connectivity index (χ2v) is 8.49. The Hall–Kier alpha value is -2.06. The topological polar surface area (TPSA) is 81.1 Å². The van der Waals surface area contributed by atoms with Gasteiger partial charge in [-0.15, -0.1) is 0 Å². The van der Waals surface area contributed by atoms with Gasteiger partial charge in [-0.2, -0.15) is 13.2 Å². The SMILES string of the molecule is C[C@@]1(N)C[C@H]2CN(c3cnc(-c4cccc(C(F)(F)F)c4Cl)c(N)n3)C[C@H]2C1. The zero-order valence-electron chi connectivity index (χ0n) is 15.3. The average molecular weight is 412 g/mol. The number of fused-ring (bicyclic) bond motifs is 1. The molecule has 9 heteroatoms. The number of hydrogen-bond donors (Lipinski definition) is 2. The molecule has 3 atom stereocenters. The van der Waals surface area contributed by atoms with Gasteiger partial charge in [0.2, 0.25) is 0 Å². The van der Waals surface area contributed by atoms with Crippen LogP contribution in [0.3, 0.4) is 0 Å². The maximum absolute atomic E-state index is 13.1. The van der Waals surface area contributed by atoms with E-state index in [0.717, 1.165) is 32.0 Å². The van der Waals surface area contributed by atoms with Crippen molar-refractivity contribution in [2.24, 2.45) is 17.6 Å². The molecule has 0 amide bonds. The maximum atomic E-state index is 13.1. The highest BCUT2D eigenvalue weighted by Gasteiger charge is 2.45. The van der Waals surface area contributed by atoms with Crippen LogP contribution in [-0.4, -0.2) is 28.6 Å². The van der Waals surface area contributed by atoms with E-state index in [9.17, 15) is 13.2 Å². The molecule has 1 saturated heterocycles. The number of rotatable bonds is 2. The highest BCUT2D eigenvalue weighted by atomic mass is 35.5. The van der Waals surface area contributed by atoms with Gasteiger partial charge in [0, 0.05) is 24.2 Å². The van der Waals surface area contributed by atoms with E-state index in [1.165, 1.54) is 12.1 Å². The van der Waals surface area contributed by atoms with Crippen LogP contribution in [-0.2, 0) is 6.18 Å². The van der Waals surface area contributed by atoms with Gasteiger partial charge in [0.05, 0.1) is 16.8 Å². The number of halogens is 4. The minimum Gasteiger partial charge on any atom is -0.382 e. The van der Waals surface area contributed by atoms with Gasteiger partial charge in [0.15, 0.2) is 5.82 Å². The molecule has 1 aliphatic heterocycles. The van der Waals surface area contributed by atoms with E-state index in [-0.39, 0.29) is 22.6 Å². The third kappa shape index (κ3) is 3.39. The molecule has 2 aromatic rings. The monoisotopic (exact) mass is 411 g/mol. The third-order valence-corrected chi connectivity index (χ3v) is 6.11. The van der Waals surface area contributed by atoms with Crippen molar-refractivity contribution >= 4 is 23.2 Å². The molecule has 1 saturated carbocycles. The van der Waals surface area contributed by atoms with E-state index in [0.29, 0.717) is 17.7 Å². The van der Waals surface area contributed by atoms with Gasteiger partial charge >= 0.3 is 6.18 Å². The number of nitrogen functional groups attached to an aromatic ring is 1. The van der Waals surface area contributed by atoms with Gasteiger partial charge in [-0.1, -0.05) is 23.7 Å². The minimum absolute atomic E-state index is 0.0550. The Bertz CT molecular complexity index is 899. The summed E-state index contributed by atoms with van der Waals surface area (Å²) in [7, 11) is 0. The highest BCUT2D eigenvalue weighted by Crippen LogP contribution is 2.44. The summed E-state index contributed by atoms with van der Waals surface area (Å²) in [4.78, 5) is 10.8. The first-order chi connectivity index (χ1) is 13.0. The first-order valence-electron chi connectivity index (χ1n) is 9.07. The minimum atomic E-state index is -4.56. The predicted molar refractivity (Wildman–Crippen MR) is 103 cm³/mol. The van der Waals surface area contributed by atoms with Crippen molar-refractivity contribution in [3.63, 3.8) is 0 Å². The maximum Gasteiger partial charge on any atom is 0.417 e. The van der Waals surface area contributed by atoms with Gasteiger partial charge in [0.1, 0.15) is 11.5 Å². The summed E-state index contributed by atoms with van der Waals surface area (Å²) in [6, 6.07) is 3.67. The summed E-state index contributed by atoms with van der Waals surface area (Å²) < 4.78 is 39.3.